The van der Waals surface area contributed by atoms with E-state index in [-0.39, 0.29) is 0 Å². The van der Waals surface area contributed by atoms with Crippen LogP contribution in [0.2, 0.25) is 0 Å². The van der Waals surface area contributed by atoms with Crippen LogP contribution in [-0.4, -0.2) is 0 Å². The summed E-state index contributed by atoms with van der Waals surface area (Å²) in [5.41, 5.74) is 14.2. The average Bonchev–Trinajstić information content (AvgIpc) is 3.25. The quantitative estimate of drug-likeness (QED) is 0.125. The van der Waals surface area contributed by atoms with Gasteiger partial charge < -0.3 is 0 Å². The maximum absolute atomic E-state index is 2.32. The zero-order valence-electron chi connectivity index (χ0n) is 30.1. The van der Waals surface area contributed by atoms with Gasteiger partial charge in [-0.3, -0.25) is 0 Å². The third-order valence-electron chi connectivity index (χ3n) is 9.81. The van der Waals surface area contributed by atoms with Gasteiger partial charge in [0.15, 0.2) is 0 Å². The van der Waals surface area contributed by atoms with Gasteiger partial charge in [-0.2, -0.15) is 0 Å². The lowest BCUT2D eigenvalue weighted by Gasteiger charge is -2.11. The smallest absolute Gasteiger partial charge is 0.0105 e. The third-order valence-corrected chi connectivity index (χ3v) is 9.81. The van der Waals surface area contributed by atoms with Crippen molar-refractivity contribution in [1.29, 1.82) is 0 Å². The van der Waals surface area contributed by atoms with Crippen LogP contribution in [0.15, 0.2) is 206 Å². The lowest BCUT2D eigenvalue weighted by Crippen LogP contribution is -1.90. The first-order chi connectivity index (χ1) is 26.8. The van der Waals surface area contributed by atoms with Crippen LogP contribution >= 0.6 is 0 Å². The van der Waals surface area contributed by atoms with E-state index < -0.39 is 0 Å². The molecule has 0 nitrogen and oxygen atoms in total. The number of rotatable bonds is 10. The molecule has 0 amide bonds. The van der Waals surface area contributed by atoms with Gasteiger partial charge in [0, 0.05) is 0 Å². The Labute approximate surface area is 319 Å². The van der Waals surface area contributed by atoms with Crippen molar-refractivity contribution in [3.8, 4) is 0 Å². The molecule has 256 valence electrons. The molecule has 0 bridgehead atoms. The number of hydrogen-bond donors (Lipinski definition) is 0. The first kappa shape index (κ1) is 34.1. The minimum atomic E-state index is 1.16. The highest BCUT2D eigenvalue weighted by Gasteiger charge is 2.09. The molecule has 0 spiro atoms. The van der Waals surface area contributed by atoms with E-state index in [1.807, 2.05) is 0 Å². The molecule has 0 heterocycles. The van der Waals surface area contributed by atoms with Crippen molar-refractivity contribution in [1.82, 2.24) is 0 Å². The summed E-state index contributed by atoms with van der Waals surface area (Å²) in [4.78, 5) is 0. The Balaban J connectivity index is 1.19. The van der Waals surface area contributed by atoms with Crippen molar-refractivity contribution in [2.75, 3.05) is 0 Å². The van der Waals surface area contributed by atoms with E-state index in [1.54, 1.807) is 0 Å². The second-order valence-corrected chi connectivity index (χ2v) is 13.3. The third kappa shape index (κ3) is 7.89. The van der Waals surface area contributed by atoms with Gasteiger partial charge in [-0.25, -0.2) is 0 Å². The molecule has 0 saturated heterocycles. The molecular formula is C54H40. The Hall–Kier alpha value is -7.02. The normalized spacial score (nSPS) is 11.2. The van der Waals surface area contributed by atoms with E-state index in [9.17, 15) is 0 Å². The van der Waals surface area contributed by atoms with Gasteiger partial charge >= 0.3 is 0 Å². The first-order valence-corrected chi connectivity index (χ1v) is 18.5. The summed E-state index contributed by atoms with van der Waals surface area (Å²) in [7, 11) is 0. The summed E-state index contributed by atoms with van der Waals surface area (Å²) in [5, 5.41) is 2.44. The van der Waals surface area contributed by atoms with Crippen molar-refractivity contribution < 1.29 is 0 Å². The minimum Gasteiger partial charge on any atom is -0.0622 e. The molecule has 0 saturated carbocycles. The highest BCUT2D eigenvalue weighted by molar-refractivity contribution is 5.99. The van der Waals surface area contributed by atoms with E-state index in [1.165, 1.54) is 60.9 Å². The fourth-order valence-electron chi connectivity index (χ4n) is 7.03. The molecule has 0 unspecified atom stereocenters. The van der Waals surface area contributed by atoms with Gasteiger partial charge in [0.05, 0.1) is 0 Å². The number of benzene rings is 8. The molecule has 0 aromatic heterocycles. The lowest BCUT2D eigenvalue weighted by molar-refractivity contribution is 1.54. The van der Waals surface area contributed by atoms with E-state index in [0.717, 1.165) is 16.7 Å². The first-order valence-electron chi connectivity index (χ1n) is 18.5. The fourth-order valence-corrected chi connectivity index (χ4v) is 7.03. The van der Waals surface area contributed by atoms with Crippen LogP contribution in [0.4, 0.5) is 0 Å². The summed E-state index contributed by atoms with van der Waals surface area (Å²) in [6.45, 7) is 0. The highest BCUT2D eigenvalue weighted by Crippen LogP contribution is 2.31. The van der Waals surface area contributed by atoms with Gasteiger partial charge in [-0.1, -0.05) is 231 Å². The van der Waals surface area contributed by atoms with Crippen molar-refractivity contribution in [2.45, 2.75) is 0 Å². The van der Waals surface area contributed by atoms with E-state index in [2.05, 4.69) is 243 Å². The van der Waals surface area contributed by atoms with Gasteiger partial charge in [0.2, 0.25) is 0 Å². The van der Waals surface area contributed by atoms with Gasteiger partial charge in [-0.15, -0.1) is 0 Å². The van der Waals surface area contributed by atoms with Gasteiger partial charge in [0.25, 0.3) is 0 Å². The van der Waals surface area contributed by atoms with Crippen molar-refractivity contribution in [3.05, 3.63) is 262 Å². The minimum absolute atomic E-state index is 1.16. The van der Waals surface area contributed by atoms with E-state index >= 15 is 0 Å². The van der Waals surface area contributed by atoms with Crippen LogP contribution in [0.1, 0.15) is 55.6 Å². The van der Waals surface area contributed by atoms with Crippen LogP contribution in [0, 0.1) is 0 Å². The van der Waals surface area contributed by atoms with Gasteiger partial charge in [0.1, 0.15) is 0 Å². The maximum Gasteiger partial charge on any atom is -0.0105 e. The number of fused-ring (bicyclic) bond motifs is 1. The second-order valence-electron chi connectivity index (χ2n) is 13.3. The van der Waals surface area contributed by atoms with Crippen molar-refractivity contribution in [3.63, 3.8) is 0 Å². The summed E-state index contributed by atoms with van der Waals surface area (Å²) in [6.07, 6.45) is 13.7. The summed E-state index contributed by atoms with van der Waals surface area (Å²) in [5.74, 6) is 0. The molecular weight excluding hydrogens is 649 g/mol. The Morgan fingerprint density at radius 2 is 0.611 bits per heavy atom. The standard InChI is InChI=1S/C54H40/c1-5-21-43(22-6-1)53(44-23-7-2-8-24-44)39-49-30-15-13-19-41(49)33-34-48-36-35-47-29-17-18-32-51(47)52(48)38-37-42-20-14-16-31-50(42)40-54(45-25-9-3-10-26-45)46-27-11-4-12-28-46/h1-40H. The monoisotopic (exact) mass is 688 g/mol. The molecule has 8 aromatic carbocycles. The molecule has 0 N–H and O–H groups in total. The zero-order chi connectivity index (χ0) is 36.4. The molecule has 0 atom stereocenters. The molecule has 54 heavy (non-hydrogen) atoms. The Bertz CT molecular complexity index is 2520. The topological polar surface area (TPSA) is 0 Å². The molecule has 0 fully saturated rings. The van der Waals surface area contributed by atoms with Crippen LogP contribution in [0.3, 0.4) is 0 Å². The Morgan fingerprint density at radius 1 is 0.259 bits per heavy atom. The second kappa shape index (κ2) is 16.5. The van der Waals surface area contributed by atoms with Crippen LogP contribution in [-0.2, 0) is 0 Å². The van der Waals surface area contributed by atoms with Crippen LogP contribution in [0.25, 0.3) is 58.4 Å². The highest BCUT2D eigenvalue weighted by atomic mass is 14.1. The zero-order valence-corrected chi connectivity index (χ0v) is 30.1. The fraction of sp³-hybridized carbons (Fsp3) is 0. The molecule has 8 aromatic rings. The van der Waals surface area contributed by atoms with E-state index in [4.69, 9.17) is 0 Å². The molecule has 0 aliphatic carbocycles. The molecule has 0 aliphatic rings. The van der Waals surface area contributed by atoms with E-state index in [0.29, 0.717) is 0 Å². The molecule has 0 radical (unpaired) electrons. The predicted octanol–water partition coefficient (Wildman–Crippen LogP) is 14.4. The Kier molecular flexibility index (Phi) is 10.4. The molecule has 8 rings (SSSR count). The summed E-state index contributed by atoms with van der Waals surface area (Å²) in [6, 6.07) is 73.0. The van der Waals surface area contributed by atoms with Crippen LogP contribution in [0.5, 0.6) is 0 Å². The van der Waals surface area contributed by atoms with Crippen molar-refractivity contribution >= 4 is 58.4 Å². The predicted molar refractivity (Wildman–Crippen MR) is 234 cm³/mol. The van der Waals surface area contributed by atoms with Crippen molar-refractivity contribution in [2.24, 2.45) is 0 Å². The lowest BCUT2D eigenvalue weighted by atomic mass is 9.93. The largest absolute Gasteiger partial charge is 0.0622 e. The summed E-state index contributed by atoms with van der Waals surface area (Å²) >= 11 is 0. The summed E-state index contributed by atoms with van der Waals surface area (Å²) < 4.78 is 0. The Morgan fingerprint density at radius 3 is 1.07 bits per heavy atom. The van der Waals surface area contributed by atoms with Crippen LogP contribution < -0.4 is 0 Å². The maximum atomic E-state index is 2.32. The SMILES string of the molecule is C(=Cc1ccc2ccccc2c1C=Cc1ccccc1C=C(c1ccccc1)c1ccccc1)c1ccccc1C=C(c1ccccc1)c1ccccc1. The molecule has 0 heteroatoms. The number of hydrogen-bond acceptors (Lipinski definition) is 0. The van der Waals surface area contributed by atoms with Gasteiger partial charge in [-0.05, 0) is 89.7 Å². The average molecular weight is 689 g/mol. The molecule has 0 aliphatic heterocycles.